The fraction of sp³-hybridized carbons (Fsp3) is 1.00. The van der Waals surface area contributed by atoms with Crippen molar-refractivity contribution in [2.24, 2.45) is 11.8 Å². The van der Waals surface area contributed by atoms with Gasteiger partial charge in [-0.3, -0.25) is 9.11 Å². The van der Waals surface area contributed by atoms with Gasteiger partial charge in [-0.05, 0) is 37.5 Å². The molecule has 0 aromatic rings. The number of unbranched alkanes of at least 4 members (excludes halogenated alkanes) is 1. The number of hydrogen-bond donors (Lipinski definition) is 2. The smallest absolute Gasteiger partial charge is 0.748 e. The molecule has 10 heteroatoms. The molecule has 0 radical (unpaired) electrons. The summed E-state index contributed by atoms with van der Waals surface area (Å²) in [5.41, 5.74) is 0. The molecular formula is C17H37NaO7S2. The van der Waals surface area contributed by atoms with Crippen molar-refractivity contribution in [2.75, 3.05) is 0 Å². The van der Waals surface area contributed by atoms with Crippen molar-refractivity contribution < 1.29 is 60.1 Å². The van der Waals surface area contributed by atoms with Crippen LogP contribution in [0, 0.1) is 11.8 Å². The van der Waals surface area contributed by atoms with Crippen molar-refractivity contribution in [3.63, 3.8) is 0 Å². The van der Waals surface area contributed by atoms with Gasteiger partial charge in [0.15, 0.2) is 0 Å². The summed E-state index contributed by atoms with van der Waals surface area (Å²) in [5, 5.41) is -0.672. The Labute approximate surface area is 188 Å². The quantitative estimate of drug-likeness (QED) is 0.327. The molecule has 0 aliphatic rings. The van der Waals surface area contributed by atoms with Gasteiger partial charge in [-0.2, -0.15) is 8.42 Å². The summed E-state index contributed by atoms with van der Waals surface area (Å²) in [5.74, 6) is 1.12. The van der Waals surface area contributed by atoms with E-state index < -0.39 is 25.8 Å². The Bertz CT molecular complexity index is 523. The fourth-order valence-corrected chi connectivity index (χ4v) is 3.87. The van der Waals surface area contributed by atoms with Crippen molar-refractivity contribution in [2.45, 2.75) is 97.2 Å². The van der Waals surface area contributed by atoms with Gasteiger partial charge in [0.2, 0.25) is 0 Å². The van der Waals surface area contributed by atoms with E-state index in [0.717, 1.165) is 38.5 Å². The van der Waals surface area contributed by atoms with Gasteiger partial charge in [-0.25, -0.2) is 8.42 Å². The van der Waals surface area contributed by atoms with E-state index in [1.54, 1.807) is 0 Å². The summed E-state index contributed by atoms with van der Waals surface area (Å²) in [6.07, 6.45) is 9.58. The van der Waals surface area contributed by atoms with Gasteiger partial charge in [0.25, 0.3) is 0 Å². The minimum absolute atomic E-state index is 0. The van der Waals surface area contributed by atoms with E-state index in [4.69, 9.17) is 17.5 Å². The van der Waals surface area contributed by atoms with Gasteiger partial charge in [-0.1, -0.05) is 66.2 Å². The Balaban J connectivity index is -0.000000844. The van der Waals surface area contributed by atoms with Crippen molar-refractivity contribution in [3.8, 4) is 0 Å². The molecule has 27 heavy (non-hydrogen) atoms. The first kappa shape index (κ1) is 32.4. The average molecular weight is 441 g/mol. The van der Waals surface area contributed by atoms with Crippen LogP contribution in [0.25, 0.3) is 0 Å². The van der Waals surface area contributed by atoms with E-state index in [-0.39, 0.29) is 29.6 Å². The maximum Gasteiger partial charge on any atom is 1.00 e. The van der Waals surface area contributed by atoms with Gasteiger partial charge in [0.05, 0.1) is 10.1 Å². The maximum absolute atomic E-state index is 11.5. The van der Waals surface area contributed by atoms with Crippen LogP contribution < -0.4 is 29.6 Å². The number of rotatable bonds is 13. The second-order valence-electron chi connectivity index (χ2n) is 6.82. The van der Waals surface area contributed by atoms with Crippen LogP contribution in [0.1, 0.15) is 91.9 Å². The summed E-state index contributed by atoms with van der Waals surface area (Å²) in [6, 6.07) is 0. The molecule has 0 spiro atoms. The van der Waals surface area contributed by atoms with E-state index in [9.17, 15) is 13.0 Å². The maximum atomic E-state index is 11.5. The number of hydrogen-bond acceptors (Lipinski definition) is 5. The van der Waals surface area contributed by atoms with Gasteiger partial charge in [0.1, 0.15) is 0 Å². The molecule has 2 atom stereocenters. The van der Waals surface area contributed by atoms with E-state index in [0.29, 0.717) is 24.7 Å². The predicted octanol–water partition coefficient (Wildman–Crippen LogP) is 1.46. The molecule has 0 aliphatic carbocycles. The minimum atomic E-state index is -4.67. The minimum Gasteiger partial charge on any atom is -0.748 e. The van der Waals surface area contributed by atoms with Crippen LogP contribution >= 0.6 is 0 Å². The third kappa shape index (κ3) is 22.9. The Kier molecular flexibility index (Phi) is 21.2. The average Bonchev–Trinajstić information content (AvgIpc) is 2.50. The molecule has 2 N–H and O–H groups in total. The van der Waals surface area contributed by atoms with E-state index >= 15 is 0 Å². The summed E-state index contributed by atoms with van der Waals surface area (Å²) in [4.78, 5) is 0. The van der Waals surface area contributed by atoms with Crippen molar-refractivity contribution >= 4 is 20.5 Å². The normalized spacial score (nSPS) is 14.1. The molecule has 7 nitrogen and oxygen atoms in total. The molecule has 0 aromatic heterocycles. The SMILES string of the molecule is CCCCC(CC)CCC(CCC(CC)CC)S(=O)(=O)[O-].O=S(=O)(O)O.[Na+]. The predicted molar refractivity (Wildman–Crippen MR) is 104 cm³/mol. The van der Waals surface area contributed by atoms with Crippen molar-refractivity contribution in [1.29, 1.82) is 0 Å². The molecule has 0 bridgehead atoms. The molecule has 2 unspecified atom stereocenters. The third-order valence-corrected chi connectivity index (χ3v) is 6.19. The second kappa shape index (κ2) is 17.6. The zero-order valence-corrected chi connectivity index (χ0v) is 21.2. The molecule has 0 rings (SSSR count). The van der Waals surface area contributed by atoms with Gasteiger partial charge in [-0.15, -0.1) is 0 Å². The molecule has 0 heterocycles. The standard InChI is InChI=1S/C17H36O3S.Na.H2O4S/c1-5-9-10-16(8-4)12-14-17(21(18,19)20)13-11-15(6-2)7-3;;1-5(2,3)4/h15-17H,5-14H2,1-4H3,(H,18,19,20);;(H2,1,2,3,4)/q;+1;/p-1. The Hall–Kier alpha value is 0.780. The fourth-order valence-electron chi connectivity index (χ4n) is 3.02. The summed E-state index contributed by atoms with van der Waals surface area (Å²) >= 11 is 0. The molecule has 0 saturated heterocycles. The second-order valence-corrected chi connectivity index (χ2v) is 9.36. The molecule has 160 valence electrons. The summed E-state index contributed by atoms with van der Waals surface area (Å²) in [6.45, 7) is 8.60. The summed E-state index contributed by atoms with van der Waals surface area (Å²) in [7, 11) is -8.82. The van der Waals surface area contributed by atoms with Gasteiger partial charge >= 0.3 is 40.0 Å². The zero-order chi connectivity index (χ0) is 20.8. The Morgan fingerprint density at radius 2 is 1.11 bits per heavy atom. The van der Waals surface area contributed by atoms with Crippen LogP contribution in [0.4, 0.5) is 0 Å². The van der Waals surface area contributed by atoms with E-state index in [1.165, 1.54) is 12.8 Å². The first-order chi connectivity index (χ1) is 11.9. The largest absolute Gasteiger partial charge is 1.00 e. The molecule has 0 fully saturated rings. The Morgan fingerprint density at radius 1 is 0.741 bits per heavy atom. The van der Waals surface area contributed by atoms with E-state index in [2.05, 4.69) is 27.7 Å². The zero-order valence-electron chi connectivity index (χ0n) is 17.6. The van der Waals surface area contributed by atoms with Crippen LogP contribution in [0.15, 0.2) is 0 Å². The van der Waals surface area contributed by atoms with Crippen LogP contribution in [0.3, 0.4) is 0 Å². The first-order valence-electron chi connectivity index (χ1n) is 9.53. The van der Waals surface area contributed by atoms with Gasteiger partial charge < -0.3 is 4.55 Å². The van der Waals surface area contributed by atoms with Crippen molar-refractivity contribution in [1.82, 2.24) is 0 Å². The molecular weight excluding hydrogens is 403 g/mol. The first-order valence-corrected chi connectivity index (χ1v) is 12.4. The van der Waals surface area contributed by atoms with Crippen LogP contribution in [-0.2, 0) is 20.5 Å². The van der Waals surface area contributed by atoms with Crippen LogP contribution in [-0.4, -0.2) is 35.7 Å². The third-order valence-electron chi connectivity index (χ3n) is 4.90. The Morgan fingerprint density at radius 3 is 1.41 bits per heavy atom. The monoisotopic (exact) mass is 440 g/mol. The van der Waals surface area contributed by atoms with Gasteiger partial charge in [0, 0.05) is 5.25 Å². The molecule has 0 saturated carbocycles. The van der Waals surface area contributed by atoms with Crippen molar-refractivity contribution in [3.05, 3.63) is 0 Å². The topological polar surface area (TPSA) is 132 Å². The summed E-state index contributed by atoms with van der Waals surface area (Å²) < 4.78 is 66.0. The van der Waals surface area contributed by atoms with Crippen LogP contribution in [0.2, 0.25) is 0 Å². The molecule has 0 aromatic carbocycles. The van der Waals surface area contributed by atoms with E-state index in [1.807, 2.05) is 0 Å². The molecule has 0 aliphatic heterocycles. The molecule has 0 amide bonds. The van der Waals surface area contributed by atoms with Crippen LogP contribution in [0.5, 0.6) is 0 Å².